The summed E-state index contributed by atoms with van der Waals surface area (Å²) in [5, 5.41) is 0. The zero-order chi connectivity index (χ0) is 12.5. The van der Waals surface area contributed by atoms with E-state index in [1.54, 1.807) is 0 Å². The zero-order valence-corrected chi connectivity index (χ0v) is 11.6. The average Bonchev–Trinajstić information content (AvgIpc) is 3.17. The first-order valence-corrected chi connectivity index (χ1v) is 7.22. The van der Waals surface area contributed by atoms with Gasteiger partial charge in [-0.15, -0.1) is 0 Å². The lowest BCUT2D eigenvalue weighted by Gasteiger charge is -2.20. The van der Waals surface area contributed by atoms with Gasteiger partial charge in [0, 0.05) is 12.8 Å². The summed E-state index contributed by atoms with van der Waals surface area (Å²) in [7, 11) is 0. The summed E-state index contributed by atoms with van der Waals surface area (Å²) in [6.45, 7) is 8.67. The van der Waals surface area contributed by atoms with E-state index in [4.69, 9.17) is 14.2 Å². The lowest BCUT2D eigenvalue weighted by Crippen LogP contribution is -2.31. The summed E-state index contributed by atoms with van der Waals surface area (Å²) in [5.74, 6) is -0.662. The second-order valence-electron chi connectivity index (χ2n) is 5.26. The zero-order valence-electron chi connectivity index (χ0n) is 11.6. The van der Waals surface area contributed by atoms with Crippen molar-refractivity contribution in [2.75, 3.05) is 0 Å². The summed E-state index contributed by atoms with van der Waals surface area (Å²) >= 11 is 0. The first kappa shape index (κ1) is 13.3. The van der Waals surface area contributed by atoms with Gasteiger partial charge in [-0.05, 0) is 12.8 Å². The van der Waals surface area contributed by atoms with Crippen molar-refractivity contribution in [2.45, 2.75) is 90.0 Å². The lowest BCUT2D eigenvalue weighted by molar-refractivity contribution is -0.156. The van der Waals surface area contributed by atoms with Crippen LogP contribution in [0.15, 0.2) is 0 Å². The molecule has 0 spiro atoms. The maximum absolute atomic E-state index is 6.29. The third-order valence-electron chi connectivity index (χ3n) is 3.83. The highest BCUT2D eigenvalue weighted by molar-refractivity contribution is 5.02. The fraction of sp³-hybridized carbons (Fsp3) is 1.00. The van der Waals surface area contributed by atoms with E-state index in [1.807, 2.05) is 0 Å². The number of epoxide rings is 2. The third kappa shape index (κ3) is 2.38. The summed E-state index contributed by atoms with van der Waals surface area (Å²) in [5.41, 5.74) is 0. The van der Waals surface area contributed by atoms with Crippen molar-refractivity contribution < 1.29 is 14.2 Å². The summed E-state index contributed by atoms with van der Waals surface area (Å²) < 4.78 is 17.9. The van der Waals surface area contributed by atoms with E-state index < -0.39 is 0 Å². The normalized spacial score (nSPS) is 43.8. The van der Waals surface area contributed by atoms with E-state index in [0.717, 1.165) is 38.5 Å². The molecule has 3 heteroatoms. The van der Waals surface area contributed by atoms with Crippen LogP contribution in [0.1, 0.15) is 66.2 Å². The maximum Gasteiger partial charge on any atom is 0.198 e. The van der Waals surface area contributed by atoms with E-state index in [0.29, 0.717) is 0 Å². The Balaban J connectivity index is 1.98. The van der Waals surface area contributed by atoms with Gasteiger partial charge in [0.2, 0.25) is 0 Å². The van der Waals surface area contributed by atoms with Gasteiger partial charge in [-0.2, -0.15) is 0 Å². The number of hydrogen-bond acceptors (Lipinski definition) is 3. The SMILES string of the molecule is CCCC1(OC2(CCC)OC2CC)OC1CC. The highest BCUT2D eigenvalue weighted by atomic mass is 16.9. The van der Waals surface area contributed by atoms with Crippen LogP contribution >= 0.6 is 0 Å². The number of hydrogen-bond donors (Lipinski definition) is 0. The molecule has 0 aromatic carbocycles. The van der Waals surface area contributed by atoms with Crippen LogP contribution in [0.5, 0.6) is 0 Å². The molecule has 3 nitrogen and oxygen atoms in total. The molecule has 4 atom stereocenters. The van der Waals surface area contributed by atoms with E-state index in [9.17, 15) is 0 Å². The number of ether oxygens (including phenoxy) is 3. The smallest absolute Gasteiger partial charge is 0.198 e. The van der Waals surface area contributed by atoms with Crippen molar-refractivity contribution in [3.8, 4) is 0 Å². The molecule has 0 amide bonds. The van der Waals surface area contributed by atoms with Gasteiger partial charge in [0.15, 0.2) is 11.6 Å². The Morgan fingerprint density at radius 3 is 1.47 bits per heavy atom. The minimum atomic E-state index is -0.331. The van der Waals surface area contributed by atoms with Gasteiger partial charge in [0.1, 0.15) is 12.2 Å². The molecule has 2 heterocycles. The monoisotopic (exact) mass is 242 g/mol. The Hall–Kier alpha value is -0.120. The minimum Gasteiger partial charge on any atom is -0.338 e. The lowest BCUT2D eigenvalue weighted by atomic mass is 10.1. The van der Waals surface area contributed by atoms with Crippen LogP contribution < -0.4 is 0 Å². The van der Waals surface area contributed by atoms with Gasteiger partial charge in [0.05, 0.1) is 0 Å². The van der Waals surface area contributed by atoms with Crippen LogP contribution in [-0.2, 0) is 14.2 Å². The minimum absolute atomic E-state index is 0.276. The topological polar surface area (TPSA) is 34.3 Å². The van der Waals surface area contributed by atoms with Gasteiger partial charge in [-0.1, -0.05) is 40.5 Å². The molecule has 2 fully saturated rings. The molecule has 17 heavy (non-hydrogen) atoms. The number of rotatable bonds is 8. The Morgan fingerprint density at radius 1 is 0.824 bits per heavy atom. The molecular weight excluding hydrogens is 216 g/mol. The second-order valence-corrected chi connectivity index (χ2v) is 5.26. The molecule has 0 aromatic heterocycles. The molecule has 0 bridgehead atoms. The van der Waals surface area contributed by atoms with Gasteiger partial charge in [0.25, 0.3) is 0 Å². The third-order valence-corrected chi connectivity index (χ3v) is 3.83. The van der Waals surface area contributed by atoms with E-state index in [2.05, 4.69) is 27.7 Å². The fourth-order valence-electron chi connectivity index (χ4n) is 2.91. The van der Waals surface area contributed by atoms with Crippen LogP contribution in [0.25, 0.3) is 0 Å². The Kier molecular flexibility index (Phi) is 3.81. The first-order valence-electron chi connectivity index (χ1n) is 7.22. The van der Waals surface area contributed by atoms with Gasteiger partial charge in [-0.25, -0.2) is 0 Å². The standard InChI is InChI=1S/C14H26O3/c1-5-9-13(11(7-3)15-13)17-14(10-6-2)12(8-4)16-14/h11-12H,5-10H2,1-4H3. The van der Waals surface area contributed by atoms with E-state index >= 15 is 0 Å². The van der Waals surface area contributed by atoms with Gasteiger partial charge < -0.3 is 14.2 Å². The summed E-state index contributed by atoms with van der Waals surface area (Å²) in [4.78, 5) is 0. The molecule has 0 aliphatic carbocycles. The molecule has 2 aliphatic heterocycles. The average molecular weight is 242 g/mol. The van der Waals surface area contributed by atoms with Crippen molar-refractivity contribution in [2.24, 2.45) is 0 Å². The molecule has 4 unspecified atom stereocenters. The first-order chi connectivity index (χ1) is 8.16. The molecule has 100 valence electrons. The molecule has 0 saturated carbocycles. The highest BCUT2D eigenvalue weighted by Gasteiger charge is 2.66. The molecule has 2 saturated heterocycles. The molecule has 0 aromatic rings. The van der Waals surface area contributed by atoms with Gasteiger partial charge in [-0.3, -0.25) is 0 Å². The highest BCUT2D eigenvalue weighted by Crippen LogP contribution is 2.54. The van der Waals surface area contributed by atoms with Gasteiger partial charge >= 0.3 is 0 Å². The summed E-state index contributed by atoms with van der Waals surface area (Å²) in [6, 6.07) is 0. The summed E-state index contributed by atoms with van der Waals surface area (Å²) in [6.07, 6.45) is 6.76. The largest absolute Gasteiger partial charge is 0.338 e. The van der Waals surface area contributed by atoms with Crippen LogP contribution in [-0.4, -0.2) is 23.8 Å². The second kappa shape index (κ2) is 4.87. The van der Waals surface area contributed by atoms with Crippen LogP contribution in [0.2, 0.25) is 0 Å². The van der Waals surface area contributed by atoms with Crippen molar-refractivity contribution in [1.29, 1.82) is 0 Å². The molecular formula is C14H26O3. The molecule has 0 radical (unpaired) electrons. The van der Waals surface area contributed by atoms with Crippen LogP contribution in [0.4, 0.5) is 0 Å². The van der Waals surface area contributed by atoms with Crippen LogP contribution in [0, 0.1) is 0 Å². The quantitative estimate of drug-likeness (QED) is 0.610. The van der Waals surface area contributed by atoms with Crippen molar-refractivity contribution >= 4 is 0 Å². The Bertz CT molecular complexity index is 242. The molecule has 2 rings (SSSR count). The Morgan fingerprint density at radius 2 is 1.24 bits per heavy atom. The molecule has 0 N–H and O–H groups in total. The van der Waals surface area contributed by atoms with E-state index in [1.165, 1.54) is 0 Å². The fourth-order valence-corrected chi connectivity index (χ4v) is 2.91. The van der Waals surface area contributed by atoms with Crippen molar-refractivity contribution in [1.82, 2.24) is 0 Å². The predicted octanol–water partition coefficient (Wildman–Crippen LogP) is 3.61. The maximum atomic E-state index is 6.29. The predicted molar refractivity (Wildman–Crippen MR) is 66.7 cm³/mol. The Labute approximate surface area is 105 Å². The van der Waals surface area contributed by atoms with E-state index in [-0.39, 0.29) is 23.8 Å². The van der Waals surface area contributed by atoms with Crippen molar-refractivity contribution in [3.05, 3.63) is 0 Å². The molecule has 2 aliphatic rings. The van der Waals surface area contributed by atoms with Crippen LogP contribution in [0.3, 0.4) is 0 Å². The van der Waals surface area contributed by atoms with Crippen molar-refractivity contribution in [3.63, 3.8) is 0 Å².